The fourth-order valence-electron chi connectivity index (χ4n) is 2.15. The minimum Gasteiger partial charge on any atom is -0.340 e. The number of piperidine rings is 1. The van der Waals surface area contributed by atoms with Crippen LogP contribution in [0.3, 0.4) is 0 Å². The highest BCUT2D eigenvalue weighted by molar-refractivity contribution is 5.28. The second-order valence-electron chi connectivity index (χ2n) is 4.11. The summed E-state index contributed by atoms with van der Waals surface area (Å²) in [5.74, 6) is 1.66. The predicted octanol–water partition coefficient (Wildman–Crippen LogP) is -0.225. The van der Waals surface area contributed by atoms with E-state index in [-0.39, 0.29) is 0 Å². The summed E-state index contributed by atoms with van der Waals surface area (Å²) in [5.41, 5.74) is 5.56. The Kier molecular flexibility index (Phi) is 3.15. The van der Waals surface area contributed by atoms with Gasteiger partial charge in [0.1, 0.15) is 0 Å². The van der Waals surface area contributed by atoms with Crippen LogP contribution in [0.4, 0.5) is 5.95 Å². The Balaban J connectivity index is 1.91. The standard InChI is InChI=1S/C9H18N6/c1-14-9(11-12-13-14)15-6-3-8(2-5-10)4-7-15/h8H,2-7,10H2,1H3. The third-order valence-corrected chi connectivity index (χ3v) is 3.07. The first-order valence-corrected chi connectivity index (χ1v) is 5.48. The predicted molar refractivity (Wildman–Crippen MR) is 57.4 cm³/mol. The molecule has 0 unspecified atom stereocenters. The zero-order valence-electron chi connectivity index (χ0n) is 9.13. The van der Waals surface area contributed by atoms with Gasteiger partial charge in [-0.2, -0.15) is 0 Å². The third kappa shape index (κ3) is 2.26. The summed E-state index contributed by atoms with van der Waals surface area (Å²) in [4.78, 5) is 2.24. The monoisotopic (exact) mass is 210 g/mol. The molecule has 15 heavy (non-hydrogen) atoms. The van der Waals surface area contributed by atoms with E-state index in [9.17, 15) is 0 Å². The molecule has 0 spiro atoms. The summed E-state index contributed by atoms with van der Waals surface area (Å²) in [6.07, 6.45) is 3.54. The van der Waals surface area contributed by atoms with Crippen LogP contribution in [0.1, 0.15) is 19.3 Å². The fraction of sp³-hybridized carbons (Fsp3) is 0.889. The van der Waals surface area contributed by atoms with Crippen LogP contribution in [0.25, 0.3) is 0 Å². The van der Waals surface area contributed by atoms with Gasteiger partial charge in [-0.15, -0.1) is 0 Å². The first-order chi connectivity index (χ1) is 7.31. The molecule has 1 fully saturated rings. The summed E-state index contributed by atoms with van der Waals surface area (Å²) >= 11 is 0. The largest absolute Gasteiger partial charge is 0.340 e. The Morgan fingerprint density at radius 1 is 1.40 bits per heavy atom. The smallest absolute Gasteiger partial charge is 0.245 e. The van der Waals surface area contributed by atoms with Gasteiger partial charge >= 0.3 is 0 Å². The number of aromatic nitrogens is 4. The number of hydrogen-bond donors (Lipinski definition) is 1. The number of tetrazole rings is 1. The number of aryl methyl sites for hydroxylation is 1. The second-order valence-corrected chi connectivity index (χ2v) is 4.11. The molecule has 0 saturated carbocycles. The van der Waals surface area contributed by atoms with Crippen molar-refractivity contribution in [3.05, 3.63) is 0 Å². The topological polar surface area (TPSA) is 72.9 Å². The fourth-order valence-corrected chi connectivity index (χ4v) is 2.15. The molecule has 0 aromatic carbocycles. The van der Waals surface area contributed by atoms with Gasteiger partial charge in [-0.05, 0) is 42.2 Å². The van der Waals surface area contributed by atoms with Crippen molar-refractivity contribution in [2.75, 3.05) is 24.5 Å². The van der Waals surface area contributed by atoms with E-state index >= 15 is 0 Å². The lowest BCUT2D eigenvalue weighted by Gasteiger charge is -2.31. The van der Waals surface area contributed by atoms with Crippen LogP contribution in [0.5, 0.6) is 0 Å². The average Bonchev–Trinajstić information content (AvgIpc) is 2.66. The van der Waals surface area contributed by atoms with Gasteiger partial charge in [0.2, 0.25) is 5.95 Å². The van der Waals surface area contributed by atoms with Gasteiger partial charge in [-0.1, -0.05) is 5.10 Å². The van der Waals surface area contributed by atoms with E-state index in [4.69, 9.17) is 5.73 Å². The van der Waals surface area contributed by atoms with Gasteiger partial charge in [0, 0.05) is 20.1 Å². The van der Waals surface area contributed by atoms with Gasteiger partial charge in [-0.25, -0.2) is 4.68 Å². The van der Waals surface area contributed by atoms with Crippen molar-refractivity contribution < 1.29 is 0 Å². The van der Waals surface area contributed by atoms with Gasteiger partial charge in [0.05, 0.1) is 0 Å². The lowest BCUT2D eigenvalue weighted by molar-refractivity contribution is 0.382. The summed E-state index contributed by atoms with van der Waals surface area (Å²) in [6, 6.07) is 0. The molecule has 0 radical (unpaired) electrons. The maximum atomic E-state index is 5.56. The molecule has 0 bridgehead atoms. The van der Waals surface area contributed by atoms with Crippen molar-refractivity contribution >= 4 is 5.95 Å². The normalized spacial score (nSPS) is 18.4. The Morgan fingerprint density at radius 2 is 2.13 bits per heavy atom. The zero-order valence-corrected chi connectivity index (χ0v) is 9.13. The van der Waals surface area contributed by atoms with Crippen molar-refractivity contribution in [3.63, 3.8) is 0 Å². The summed E-state index contributed by atoms with van der Waals surface area (Å²) in [5, 5.41) is 11.5. The highest BCUT2D eigenvalue weighted by atomic mass is 15.6. The van der Waals surface area contributed by atoms with E-state index in [1.54, 1.807) is 4.68 Å². The second kappa shape index (κ2) is 4.57. The van der Waals surface area contributed by atoms with Gasteiger partial charge in [-0.3, -0.25) is 0 Å². The van der Waals surface area contributed by atoms with Gasteiger partial charge in [0.25, 0.3) is 0 Å². The molecule has 84 valence electrons. The molecule has 1 aliphatic rings. The Hall–Kier alpha value is -1.17. The maximum absolute atomic E-state index is 5.56. The van der Waals surface area contributed by atoms with Gasteiger partial charge < -0.3 is 10.6 Å². The van der Waals surface area contributed by atoms with E-state index in [2.05, 4.69) is 20.4 Å². The van der Waals surface area contributed by atoms with Gasteiger partial charge in [0.15, 0.2) is 0 Å². The van der Waals surface area contributed by atoms with Crippen LogP contribution in [0, 0.1) is 5.92 Å². The molecule has 6 nitrogen and oxygen atoms in total. The summed E-state index contributed by atoms with van der Waals surface area (Å²) < 4.78 is 1.73. The molecule has 1 aromatic rings. The van der Waals surface area contributed by atoms with Crippen LogP contribution in [-0.4, -0.2) is 39.8 Å². The molecule has 1 aromatic heterocycles. The van der Waals surface area contributed by atoms with Crippen LogP contribution in [-0.2, 0) is 7.05 Å². The van der Waals surface area contributed by atoms with Crippen molar-refractivity contribution in [1.29, 1.82) is 0 Å². The van der Waals surface area contributed by atoms with E-state index in [1.807, 2.05) is 7.05 Å². The van der Waals surface area contributed by atoms with E-state index in [0.717, 1.165) is 37.9 Å². The lowest BCUT2D eigenvalue weighted by Crippen LogP contribution is -2.35. The highest BCUT2D eigenvalue weighted by Crippen LogP contribution is 2.22. The van der Waals surface area contributed by atoms with Crippen LogP contribution in [0.15, 0.2) is 0 Å². The molecule has 0 aliphatic carbocycles. The first-order valence-electron chi connectivity index (χ1n) is 5.48. The molecule has 1 saturated heterocycles. The Bertz CT molecular complexity index is 301. The Morgan fingerprint density at radius 3 is 2.67 bits per heavy atom. The first kappa shape index (κ1) is 10.4. The number of hydrogen-bond acceptors (Lipinski definition) is 5. The minimum absolute atomic E-state index is 0.785. The summed E-state index contributed by atoms with van der Waals surface area (Å²) in [7, 11) is 1.88. The molecule has 2 N–H and O–H groups in total. The van der Waals surface area contributed by atoms with Crippen molar-refractivity contribution in [1.82, 2.24) is 20.2 Å². The SMILES string of the molecule is Cn1nnnc1N1CCC(CCN)CC1. The van der Waals surface area contributed by atoms with Crippen molar-refractivity contribution in [3.8, 4) is 0 Å². The summed E-state index contributed by atoms with van der Waals surface area (Å²) in [6.45, 7) is 2.88. The molecule has 0 atom stereocenters. The van der Waals surface area contributed by atoms with E-state index in [0.29, 0.717) is 0 Å². The zero-order chi connectivity index (χ0) is 10.7. The molecule has 0 amide bonds. The Labute approximate surface area is 89.4 Å². The lowest BCUT2D eigenvalue weighted by atomic mass is 9.94. The number of rotatable bonds is 3. The highest BCUT2D eigenvalue weighted by Gasteiger charge is 2.21. The van der Waals surface area contributed by atoms with E-state index < -0.39 is 0 Å². The van der Waals surface area contributed by atoms with Crippen molar-refractivity contribution in [2.24, 2.45) is 18.7 Å². The minimum atomic E-state index is 0.785. The molecule has 2 rings (SSSR count). The maximum Gasteiger partial charge on any atom is 0.245 e. The number of nitrogens with two attached hydrogens (primary N) is 1. The quantitative estimate of drug-likeness (QED) is 0.746. The molecule has 1 aliphatic heterocycles. The molecule has 6 heteroatoms. The van der Waals surface area contributed by atoms with Crippen LogP contribution >= 0.6 is 0 Å². The van der Waals surface area contributed by atoms with Crippen LogP contribution < -0.4 is 10.6 Å². The van der Waals surface area contributed by atoms with Crippen molar-refractivity contribution in [2.45, 2.75) is 19.3 Å². The number of nitrogens with zero attached hydrogens (tertiary/aromatic N) is 5. The molecule has 2 heterocycles. The average molecular weight is 210 g/mol. The molecular formula is C9H18N6. The number of anilines is 1. The van der Waals surface area contributed by atoms with E-state index in [1.165, 1.54) is 12.8 Å². The third-order valence-electron chi connectivity index (χ3n) is 3.07. The molecular weight excluding hydrogens is 192 g/mol. The van der Waals surface area contributed by atoms with Crippen LogP contribution in [0.2, 0.25) is 0 Å².